The van der Waals surface area contributed by atoms with E-state index < -0.39 is 0 Å². The fraction of sp³-hybridized carbons (Fsp3) is 0.462. The van der Waals surface area contributed by atoms with Crippen molar-refractivity contribution >= 4 is 40.9 Å². The van der Waals surface area contributed by atoms with Crippen molar-refractivity contribution in [3.8, 4) is 0 Å². The lowest BCUT2D eigenvalue weighted by molar-refractivity contribution is 0.0989. The molecule has 0 bridgehead atoms. The molecule has 1 heterocycles. The average molecular weight is 287 g/mol. The van der Waals surface area contributed by atoms with Crippen LogP contribution in [0.4, 0.5) is 0 Å². The molecular weight excluding hydrogens is 272 g/mol. The molecule has 1 fully saturated rings. The second-order valence-corrected chi connectivity index (χ2v) is 7.34. The van der Waals surface area contributed by atoms with Gasteiger partial charge in [-0.05, 0) is 18.6 Å². The molecule has 92 valence electrons. The SMILES string of the molecule is Cc1ccc(C(=O)C2SCCSC2C)cc1Cl. The predicted molar refractivity (Wildman–Crippen MR) is 78.7 cm³/mol. The van der Waals surface area contributed by atoms with Crippen LogP contribution in [-0.4, -0.2) is 27.8 Å². The van der Waals surface area contributed by atoms with Gasteiger partial charge < -0.3 is 0 Å². The number of thioether (sulfide) groups is 2. The third kappa shape index (κ3) is 3.01. The summed E-state index contributed by atoms with van der Waals surface area (Å²) in [7, 11) is 0. The highest BCUT2D eigenvalue weighted by atomic mass is 35.5. The zero-order chi connectivity index (χ0) is 12.4. The summed E-state index contributed by atoms with van der Waals surface area (Å²) in [5, 5.41) is 1.14. The minimum absolute atomic E-state index is 0.0764. The molecule has 2 atom stereocenters. The van der Waals surface area contributed by atoms with E-state index in [0.717, 1.165) is 22.6 Å². The maximum atomic E-state index is 12.4. The molecule has 0 radical (unpaired) electrons. The fourth-order valence-electron chi connectivity index (χ4n) is 1.83. The quantitative estimate of drug-likeness (QED) is 0.763. The third-order valence-electron chi connectivity index (χ3n) is 2.90. The van der Waals surface area contributed by atoms with E-state index in [1.807, 2.05) is 30.8 Å². The van der Waals surface area contributed by atoms with Gasteiger partial charge in [0.25, 0.3) is 0 Å². The summed E-state index contributed by atoms with van der Waals surface area (Å²) in [4.78, 5) is 12.4. The van der Waals surface area contributed by atoms with Gasteiger partial charge in [-0.1, -0.05) is 30.7 Å². The summed E-state index contributed by atoms with van der Waals surface area (Å²) in [5.41, 5.74) is 1.76. The van der Waals surface area contributed by atoms with Crippen molar-refractivity contribution in [3.05, 3.63) is 34.3 Å². The number of carbonyl (C=O) groups excluding carboxylic acids is 1. The first kappa shape index (κ1) is 13.3. The lowest BCUT2D eigenvalue weighted by Crippen LogP contribution is -2.31. The molecule has 0 N–H and O–H groups in total. The van der Waals surface area contributed by atoms with Gasteiger partial charge in [-0.3, -0.25) is 4.79 Å². The van der Waals surface area contributed by atoms with Crippen LogP contribution in [-0.2, 0) is 0 Å². The highest BCUT2D eigenvalue weighted by Gasteiger charge is 2.29. The normalized spacial score (nSPS) is 24.6. The maximum absolute atomic E-state index is 12.4. The van der Waals surface area contributed by atoms with Crippen molar-refractivity contribution < 1.29 is 4.79 Å². The van der Waals surface area contributed by atoms with E-state index in [1.165, 1.54) is 0 Å². The van der Waals surface area contributed by atoms with Crippen LogP contribution in [0.25, 0.3) is 0 Å². The van der Waals surface area contributed by atoms with Crippen LogP contribution in [0.3, 0.4) is 0 Å². The van der Waals surface area contributed by atoms with E-state index in [9.17, 15) is 4.79 Å². The molecule has 0 aromatic heterocycles. The number of aryl methyl sites for hydroxylation is 1. The molecule has 1 nitrogen and oxygen atoms in total. The van der Waals surface area contributed by atoms with Crippen molar-refractivity contribution in [2.24, 2.45) is 0 Å². The van der Waals surface area contributed by atoms with Gasteiger partial charge in [0.05, 0.1) is 5.25 Å². The zero-order valence-electron chi connectivity index (χ0n) is 9.90. The molecule has 2 unspecified atom stereocenters. The molecule has 17 heavy (non-hydrogen) atoms. The number of rotatable bonds is 2. The third-order valence-corrected chi connectivity index (χ3v) is 6.40. The number of hydrogen-bond donors (Lipinski definition) is 0. The zero-order valence-corrected chi connectivity index (χ0v) is 12.3. The van der Waals surface area contributed by atoms with Crippen LogP contribution >= 0.6 is 35.1 Å². The Hall–Kier alpha value is -0.120. The Labute approximate surface area is 116 Å². The van der Waals surface area contributed by atoms with Crippen molar-refractivity contribution in [3.63, 3.8) is 0 Å². The molecule has 1 aliphatic rings. The molecule has 0 amide bonds. The molecule has 2 rings (SSSR count). The Morgan fingerprint density at radius 1 is 1.35 bits per heavy atom. The highest BCUT2D eigenvalue weighted by Crippen LogP contribution is 2.33. The largest absolute Gasteiger partial charge is 0.293 e. The Morgan fingerprint density at radius 2 is 2.06 bits per heavy atom. The lowest BCUT2D eigenvalue weighted by Gasteiger charge is -2.26. The Morgan fingerprint density at radius 3 is 2.71 bits per heavy atom. The molecule has 1 aromatic carbocycles. The van der Waals surface area contributed by atoms with Crippen molar-refractivity contribution in [1.29, 1.82) is 0 Å². The van der Waals surface area contributed by atoms with Gasteiger partial charge in [-0.2, -0.15) is 11.8 Å². The van der Waals surface area contributed by atoms with Crippen LogP contribution in [0.2, 0.25) is 5.02 Å². The molecule has 0 aliphatic carbocycles. The van der Waals surface area contributed by atoms with Gasteiger partial charge in [-0.25, -0.2) is 0 Å². The summed E-state index contributed by atoms with van der Waals surface area (Å²) in [6.07, 6.45) is 0. The fourth-order valence-corrected chi connectivity index (χ4v) is 4.74. The summed E-state index contributed by atoms with van der Waals surface area (Å²) in [6, 6.07) is 5.60. The Balaban J connectivity index is 2.21. The smallest absolute Gasteiger partial charge is 0.176 e. The second kappa shape index (κ2) is 5.68. The van der Waals surface area contributed by atoms with E-state index >= 15 is 0 Å². The second-order valence-electron chi connectivity index (χ2n) is 4.20. The topological polar surface area (TPSA) is 17.1 Å². The first-order valence-corrected chi connectivity index (χ1v) is 8.10. The van der Waals surface area contributed by atoms with E-state index in [4.69, 9.17) is 11.6 Å². The molecule has 1 saturated heterocycles. The first-order chi connectivity index (χ1) is 8.09. The standard InChI is InChI=1S/C13H15ClOS2/c1-8-3-4-10(7-11(8)14)12(15)13-9(2)16-5-6-17-13/h3-4,7,9,13H,5-6H2,1-2H3. The van der Waals surface area contributed by atoms with E-state index in [1.54, 1.807) is 17.8 Å². The van der Waals surface area contributed by atoms with Crippen LogP contribution in [0.5, 0.6) is 0 Å². The molecule has 4 heteroatoms. The molecular formula is C13H15ClOS2. The summed E-state index contributed by atoms with van der Waals surface area (Å²) < 4.78 is 0. The lowest BCUT2D eigenvalue weighted by atomic mass is 10.0. The number of carbonyl (C=O) groups is 1. The van der Waals surface area contributed by atoms with Crippen LogP contribution in [0.1, 0.15) is 22.8 Å². The van der Waals surface area contributed by atoms with E-state index in [-0.39, 0.29) is 11.0 Å². The number of hydrogen-bond acceptors (Lipinski definition) is 3. The number of halogens is 1. The van der Waals surface area contributed by atoms with E-state index in [0.29, 0.717) is 10.3 Å². The Bertz CT molecular complexity index is 433. The maximum Gasteiger partial charge on any atom is 0.176 e. The number of Topliss-reactive ketones (excluding diaryl/α,β-unsaturated/α-hetero) is 1. The van der Waals surface area contributed by atoms with Gasteiger partial charge in [0.15, 0.2) is 5.78 Å². The Kier molecular flexibility index (Phi) is 4.45. The van der Waals surface area contributed by atoms with Gasteiger partial charge in [-0.15, -0.1) is 11.8 Å². The summed E-state index contributed by atoms with van der Waals surface area (Å²) >= 11 is 9.72. The van der Waals surface area contributed by atoms with Crippen molar-refractivity contribution in [1.82, 2.24) is 0 Å². The van der Waals surface area contributed by atoms with Crippen LogP contribution in [0, 0.1) is 6.92 Å². The minimum atomic E-state index is 0.0764. The van der Waals surface area contributed by atoms with Gasteiger partial charge in [0.1, 0.15) is 0 Å². The summed E-state index contributed by atoms with van der Waals surface area (Å²) in [5.74, 6) is 2.42. The highest BCUT2D eigenvalue weighted by molar-refractivity contribution is 8.07. The number of benzene rings is 1. The number of ketones is 1. The van der Waals surface area contributed by atoms with Gasteiger partial charge >= 0.3 is 0 Å². The summed E-state index contributed by atoms with van der Waals surface area (Å²) in [6.45, 7) is 4.08. The average Bonchev–Trinajstić information content (AvgIpc) is 2.32. The molecule has 1 aromatic rings. The molecule has 0 saturated carbocycles. The van der Waals surface area contributed by atoms with Gasteiger partial charge in [0, 0.05) is 27.3 Å². The van der Waals surface area contributed by atoms with Crippen molar-refractivity contribution in [2.75, 3.05) is 11.5 Å². The first-order valence-electron chi connectivity index (χ1n) is 5.63. The minimum Gasteiger partial charge on any atom is -0.293 e. The van der Waals surface area contributed by atoms with Crippen molar-refractivity contribution in [2.45, 2.75) is 24.3 Å². The molecule has 0 spiro atoms. The van der Waals surface area contributed by atoms with E-state index in [2.05, 4.69) is 6.92 Å². The predicted octanol–water partition coefficient (Wildman–Crippen LogP) is 4.07. The van der Waals surface area contributed by atoms with Gasteiger partial charge in [0.2, 0.25) is 0 Å². The van der Waals surface area contributed by atoms with Crippen LogP contribution < -0.4 is 0 Å². The van der Waals surface area contributed by atoms with Crippen LogP contribution in [0.15, 0.2) is 18.2 Å². The molecule has 1 aliphatic heterocycles. The monoisotopic (exact) mass is 286 g/mol.